The molecule has 0 saturated carbocycles. The van der Waals surface area contributed by atoms with Gasteiger partial charge >= 0.3 is 0 Å². The zero-order valence-corrected chi connectivity index (χ0v) is 14.1. The van der Waals surface area contributed by atoms with Crippen LogP contribution >= 0.6 is 0 Å². The number of hydrogen-bond acceptors (Lipinski definition) is 5. The Morgan fingerprint density at radius 3 is 3.04 bits per heavy atom. The van der Waals surface area contributed by atoms with Gasteiger partial charge in [-0.25, -0.2) is 4.39 Å². The average molecular weight is 341 g/mol. The number of nitrogens with one attached hydrogen (secondary N) is 4. The average Bonchev–Trinajstić information content (AvgIpc) is 3.04. The van der Waals surface area contributed by atoms with E-state index in [4.69, 9.17) is 0 Å². The Kier molecular flexibility index (Phi) is 4.70. The van der Waals surface area contributed by atoms with Crippen LogP contribution in [0, 0.1) is 0 Å². The Labute approximate surface area is 147 Å². The predicted octanol–water partition coefficient (Wildman–Crippen LogP) is 1.76. The molecule has 0 aromatic carbocycles. The van der Waals surface area contributed by atoms with Crippen molar-refractivity contribution in [2.75, 3.05) is 13.1 Å². The molecule has 0 spiro atoms. The van der Waals surface area contributed by atoms with Crippen molar-refractivity contribution >= 4 is 6.21 Å². The summed E-state index contributed by atoms with van der Waals surface area (Å²) in [4.78, 5) is 4.04. The van der Waals surface area contributed by atoms with E-state index < -0.39 is 6.17 Å². The summed E-state index contributed by atoms with van der Waals surface area (Å²) in [5, 5.41) is 13.5. The SMILES string of the molecule is FC1C=C(CN[C@@H]2CCC(CC3=CNC4NC=CC=C34)=CN2)C=NC1. The largest absolute Gasteiger partial charge is 0.376 e. The molecule has 4 aliphatic heterocycles. The Hall–Kier alpha value is -2.34. The molecule has 2 unspecified atom stereocenters. The molecule has 4 heterocycles. The third-order valence-corrected chi connectivity index (χ3v) is 4.89. The Morgan fingerprint density at radius 1 is 1.24 bits per heavy atom. The van der Waals surface area contributed by atoms with Crippen molar-refractivity contribution < 1.29 is 4.39 Å². The van der Waals surface area contributed by atoms with Crippen LogP contribution in [0.2, 0.25) is 0 Å². The van der Waals surface area contributed by atoms with Gasteiger partial charge in [0.1, 0.15) is 12.3 Å². The van der Waals surface area contributed by atoms with E-state index in [1.165, 1.54) is 16.7 Å². The molecule has 5 nitrogen and oxygen atoms in total. The van der Waals surface area contributed by atoms with Crippen LogP contribution in [0.15, 0.2) is 64.1 Å². The molecule has 3 atom stereocenters. The van der Waals surface area contributed by atoms with E-state index in [0.29, 0.717) is 6.54 Å². The van der Waals surface area contributed by atoms with E-state index in [0.717, 1.165) is 24.8 Å². The number of allylic oxidation sites excluding steroid dienone is 3. The van der Waals surface area contributed by atoms with Crippen molar-refractivity contribution in [2.45, 2.75) is 37.8 Å². The number of alkyl halides is 1. The van der Waals surface area contributed by atoms with Crippen LogP contribution in [0.4, 0.5) is 4.39 Å². The van der Waals surface area contributed by atoms with Gasteiger partial charge in [-0.1, -0.05) is 6.08 Å². The number of dihydropyridines is 2. The smallest absolute Gasteiger partial charge is 0.138 e. The fourth-order valence-corrected chi connectivity index (χ4v) is 3.53. The summed E-state index contributed by atoms with van der Waals surface area (Å²) >= 11 is 0. The minimum atomic E-state index is -0.942. The highest BCUT2D eigenvalue weighted by Crippen LogP contribution is 2.29. The van der Waals surface area contributed by atoms with Crippen LogP contribution < -0.4 is 21.3 Å². The van der Waals surface area contributed by atoms with Gasteiger partial charge in [0.2, 0.25) is 0 Å². The molecule has 0 radical (unpaired) electrons. The second-order valence-corrected chi connectivity index (χ2v) is 6.79. The van der Waals surface area contributed by atoms with E-state index in [9.17, 15) is 4.39 Å². The summed E-state index contributed by atoms with van der Waals surface area (Å²) in [6, 6.07) is 0. The van der Waals surface area contributed by atoms with Crippen molar-refractivity contribution in [1.82, 2.24) is 21.3 Å². The first-order chi connectivity index (χ1) is 12.3. The molecule has 0 bridgehead atoms. The Balaban J connectivity index is 1.27. The fraction of sp³-hybridized carbons (Fsp3) is 0.421. The summed E-state index contributed by atoms with van der Waals surface area (Å²) in [5.74, 6) is 0. The van der Waals surface area contributed by atoms with E-state index in [1.807, 2.05) is 12.3 Å². The first-order valence-electron chi connectivity index (χ1n) is 8.88. The number of fused-ring (bicyclic) bond motifs is 1. The standard InChI is InChI=1S/C19H24FN5/c20-16-7-14(8-21-12-16)10-24-18-4-3-13(9-23-18)6-15-11-25-19-17(15)2-1-5-22-19/h1-2,5,7-9,11,16,18-19,22-25H,3-4,6,10,12H2/t16?,18-,19?/m1/s1. The van der Waals surface area contributed by atoms with Crippen LogP contribution in [0.3, 0.4) is 0 Å². The van der Waals surface area contributed by atoms with Gasteiger partial charge in [-0.05, 0) is 66.1 Å². The van der Waals surface area contributed by atoms with Gasteiger partial charge in [0.05, 0.1) is 12.7 Å². The molecule has 4 aliphatic rings. The molecule has 0 aromatic rings. The quantitative estimate of drug-likeness (QED) is 0.616. The monoisotopic (exact) mass is 341 g/mol. The summed E-state index contributed by atoms with van der Waals surface area (Å²) in [6.07, 6.45) is 16.4. The second-order valence-electron chi connectivity index (χ2n) is 6.79. The lowest BCUT2D eigenvalue weighted by Gasteiger charge is -2.26. The van der Waals surface area contributed by atoms with E-state index in [-0.39, 0.29) is 18.9 Å². The molecule has 0 fully saturated rings. The summed E-state index contributed by atoms with van der Waals surface area (Å²) in [5.41, 5.74) is 5.00. The molecule has 0 aliphatic carbocycles. The van der Waals surface area contributed by atoms with Gasteiger partial charge in [0.15, 0.2) is 0 Å². The molecule has 0 amide bonds. The molecule has 4 N–H and O–H groups in total. The van der Waals surface area contributed by atoms with E-state index >= 15 is 0 Å². The maximum absolute atomic E-state index is 13.3. The zero-order chi connectivity index (χ0) is 17.1. The lowest BCUT2D eigenvalue weighted by molar-refractivity contribution is 0.402. The fourth-order valence-electron chi connectivity index (χ4n) is 3.53. The normalized spacial score (nSPS) is 30.2. The molecular weight excluding hydrogens is 317 g/mol. The number of rotatable bonds is 5. The summed E-state index contributed by atoms with van der Waals surface area (Å²) < 4.78 is 13.3. The minimum absolute atomic E-state index is 0.219. The minimum Gasteiger partial charge on any atom is -0.376 e. The summed E-state index contributed by atoms with van der Waals surface area (Å²) in [7, 11) is 0. The lowest BCUT2D eigenvalue weighted by Crippen LogP contribution is -2.42. The zero-order valence-electron chi connectivity index (χ0n) is 14.1. The maximum atomic E-state index is 13.3. The second kappa shape index (κ2) is 7.27. The highest BCUT2D eigenvalue weighted by atomic mass is 19.1. The molecule has 0 aromatic heterocycles. The first kappa shape index (κ1) is 16.1. The molecule has 6 heteroatoms. The van der Waals surface area contributed by atoms with Crippen LogP contribution in [-0.2, 0) is 0 Å². The number of hydrogen-bond donors (Lipinski definition) is 4. The van der Waals surface area contributed by atoms with Gasteiger partial charge in [0.25, 0.3) is 0 Å². The maximum Gasteiger partial charge on any atom is 0.138 e. The molecule has 25 heavy (non-hydrogen) atoms. The van der Waals surface area contributed by atoms with Gasteiger partial charge in [0, 0.05) is 19.0 Å². The highest BCUT2D eigenvalue weighted by molar-refractivity contribution is 5.80. The molecule has 132 valence electrons. The van der Waals surface area contributed by atoms with E-state index in [1.54, 1.807) is 12.3 Å². The van der Waals surface area contributed by atoms with E-state index in [2.05, 4.69) is 44.7 Å². The van der Waals surface area contributed by atoms with Crippen LogP contribution in [0.25, 0.3) is 0 Å². The Bertz CT molecular complexity index is 701. The highest BCUT2D eigenvalue weighted by Gasteiger charge is 2.24. The lowest BCUT2D eigenvalue weighted by atomic mass is 9.94. The Morgan fingerprint density at radius 2 is 2.20 bits per heavy atom. The van der Waals surface area contributed by atoms with Crippen LogP contribution in [0.5, 0.6) is 0 Å². The predicted molar refractivity (Wildman–Crippen MR) is 98.6 cm³/mol. The van der Waals surface area contributed by atoms with Crippen molar-refractivity contribution in [3.8, 4) is 0 Å². The van der Waals surface area contributed by atoms with Gasteiger partial charge < -0.3 is 16.0 Å². The van der Waals surface area contributed by atoms with Gasteiger partial charge in [-0.2, -0.15) is 0 Å². The molecule has 4 rings (SSSR count). The third kappa shape index (κ3) is 3.85. The summed E-state index contributed by atoms with van der Waals surface area (Å²) in [6.45, 7) is 0.900. The van der Waals surface area contributed by atoms with Crippen molar-refractivity contribution in [1.29, 1.82) is 0 Å². The number of nitrogens with zero attached hydrogens (tertiary/aromatic N) is 1. The van der Waals surface area contributed by atoms with Crippen molar-refractivity contribution in [3.63, 3.8) is 0 Å². The topological polar surface area (TPSA) is 60.5 Å². The molecular formula is C19H24FN5. The van der Waals surface area contributed by atoms with Crippen LogP contribution in [-0.4, -0.2) is 37.8 Å². The van der Waals surface area contributed by atoms with Gasteiger partial charge in [-0.15, -0.1) is 0 Å². The number of halogens is 1. The first-order valence-corrected chi connectivity index (χ1v) is 8.88. The van der Waals surface area contributed by atoms with Crippen molar-refractivity contribution in [3.05, 3.63) is 59.1 Å². The number of aliphatic imine (C=N–C) groups is 1. The molecule has 0 saturated heterocycles. The van der Waals surface area contributed by atoms with Crippen molar-refractivity contribution in [2.24, 2.45) is 4.99 Å². The van der Waals surface area contributed by atoms with Crippen LogP contribution in [0.1, 0.15) is 19.3 Å². The third-order valence-electron chi connectivity index (χ3n) is 4.89. The van der Waals surface area contributed by atoms with Gasteiger partial charge in [-0.3, -0.25) is 10.3 Å².